The summed E-state index contributed by atoms with van der Waals surface area (Å²) < 4.78 is 5.63. The van der Waals surface area contributed by atoms with Crippen LogP contribution in [-0.4, -0.2) is 61.9 Å². The normalized spacial score (nSPS) is 19.1. The number of carbonyl (C=O) groups is 1. The summed E-state index contributed by atoms with van der Waals surface area (Å²) in [6.07, 6.45) is 5.50. The van der Waals surface area contributed by atoms with E-state index >= 15 is 0 Å². The van der Waals surface area contributed by atoms with E-state index in [1.54, 1.807) is 0 Å². The molecule has 0 radical (unpaired) electrons. The Kier molecular flexibility index (Phi) is 6.00. The van der Waals surface area contributed by atoms with E-state index in [9.17, 15) is 4.79 Å². The lowest BCUT2D eigenvalue weighted by Crippen LogP contribution is -2.54. The van der Waals surface area contributed by atoms with Crippen molar-refractivity contribution in [2.45, 2.75) is 25.2 Å². The molecule has 0 saturated carbocycles. The number of ether oxygens (including phenoxy) is 1. The highest BCUT2D eigenvalue weighted by atomic mass is 16.5. The maximum Gasteiger partial charge on any atom is 0.317 e. The molecule has 154 valence electrons. The van der Waals surface area contributed by atoms with Crippen LogP contribution in [0.25, 0.3) is 0 Å². The highest BCUT2D eigenvalue weighted by Gasteiger charge is 2.36. The van der Waals surface area contributed by atoms with Crippen LogP contribution in [0.15, 0.2) is 48.8 Å². The van der Waals surface area contributed by atoms with Gasteiger partial charge in [-0.3, -0.25) is 4.98 Å². The number of hydrogen-bond donors (Lipinski definition) is 1. The van der Waals surface area contributed by atoms with Crippen molar-refractivity contribution in [1.29, 1.82) is 0 Å². The van der Waals surface area contributed by atoms with Crippen molar-refractivity contribution in [1.82, 2.24) is 15.2 Å². The third-order valence-electron chi connectivity index (χ3n) is 6.34. The quantitative estimate of drug-likeness (QED) is 0.866. The molecule has 4 rings (SSSR count). The number of piperazine rings is 1. The number of aromatic nitrogens is 1. The fraction of sp³-hybridized carbons (Fsp3) is 0.478. The lowest BCUT2D eigenvalue weighted by molar-refractivity contribution is 0.0499. The van der Waals surface area contributed by atoms with Gasteiger partial charge in [-0.2, -0.15) is 0 Å². The Labute approximate surface area is 172 Å². The third kappa shape index (κ3) is 4.37. The molecule has 1 aromatic carbocycles. The number of benzene rings is 1. The second-order valence-electron chi connectivity index (χ2n) is 8.05. The number of urea groups is 1. The molecule has 1 aromatic heterocycles. The Balaban J connectivity index is 1.37. The second-order valence-corrected chi connectivity index (χ2v) is 8.05. The predicted molar refractivity (Wildman–Crippen MR) is 114 cm³/mol. The first-order chi connectivity index (χ1) is 14.2. The summed E-state index contributed by atoms with van der Waals surface area (Å²) in [6, 6.07) is 12.6. The molecule has 2 aliphatic rings. The number of carbonyl (C=O) groups excluding carboxylic acids is 1. The molecule has 2 fully saturated rings. The monoisotopic (exact) mass is 394 g/mol. The molecule has 0 aliphatic carbocycles. The Morgan fingerprint density at radius 1 is 1.07 bits per heavy atom. The molecule has 2 amide bonds. The van der Waals surface area contributed by atoms with E-state index in [1.807, 2.05) is 29.4 Å². The van der Waals surface area contributed by atoms with E-state index in [1.165, 1.54) is 16.8 Å². The van der Waals surface area contributed by atoms with Gasteiger partial charge in [-0.05, 0) is 43.0 Å². The first-order valence-corrected chi connectivity index (χ1v) is 10.5. The Morgan fingerprint density at radius 3 is 2.45 bits per heavy atom. The topological polar surface area (TPSA) is 57.7 Å². The molecule has 0 spiro atoms. The molecule has 2 saturated heterocycles. The van der Waals surface area contributed by atoms with Crippen LogP contribution in [0.1, 0.15) is 24.0 Å². The number of pyridine rings is 1. The Morgan fingerprint density at radius 2 is 1.76 bits per heavy atom. The first-order valence-electron chi connectivity index (χ1n) is 10.5. The molecule has 0 bridgehead atoms. The molecule has 29 heavy (non-hydrogen) atoms. The average Bonchev–Trinajstić information content (AvgIpc) is 2.79. The van der Waals surface area contributed by atoms with Crippen molar-refractivity contribution in [3.8, 4) is 0 Å². The number of hydrogen-bond acceptors (Lipinski definition) is 4. The first kappa shape index (κ1) is 19.7. The SMILES string of the molecule is Cc1ccccc1C1(CNC(=O)N2CCN(c3ccncc3)CC2)CCOCC1. The Hall–Kier alpha value is -2.60. The fourth-order valence-electron chi connectivity index (χ4n) is 4.55. The van der Waals surface area contributed by atoms with Crippen LogP contribution in [0, 0.1) is 6.92 Å². The van der Waals surface area contributed by atoms with E-state index in [-0.39, 0.29) is 11.4 Å². The van der Waals surface area contributed by atoms with Crippen LogP contribution in [0.4, 0.5) is 10.5 Å². The zero-order valence-corrected chi connectivity index (χ0v) is 17.1. The summed E-state index contributed by atoms with van der Waals surface area (Å²) >= 11 is 0. The zero-order chi connectivity index (χ0) is 20.1. The molecule has 2 aliphatic heterocycles. The molecule has 3 heterocycles. The molecule has 1 N–H and O–H groups in total. The Bertz CT molecular complexity index is 813. The molecule has 6 nitrogen and oxygen atoms in total. The molecule has 6 heteroatoms. The summed E-state index contributed by atoms with van der Waals surface area (Å²) in [7, 11) is 0. The lowest BCUT2D eigenvalue weighted by atomic mass is 9.72. The maximum atomic E-state index is 12.9. The molecule has 2 aromatic rings. The van der Waals surface area contributed by atoms with Gasteiger partial charge in [0.05, 0.1) is 0 Å². The van der Waals surface area contributed by atoms with E-state index < -0.39 is 0 Å². The zero-order valence-electron chi connectivity index (χ0n) is 17.1. The maximum absolute atomic E-state index is 12.9. The van der Waals surface area contributed by atoms with Crippen LogP contribution in [0.2, 0.25) is 0 Å². The third-order valence-corrected chi connectivity index (χ3v) is 6.34. The van der Waals surface area contributed by atoms with Gasteiger partial charge >= 0.3 is 6.03 Å². The number of nitrogens with one attached hydrogen (secondary N) is 1. The van der Waals surface area contributed by atoms with Crippen LogP contribution < -0.4 is 10.2 Å². The second kappa shape index (κ2) is 8.82. The van der Waals surface area contributed by atoms with Crippen LogP contribution in [0.5, 0.6) is 0 Å². The van der Waals surface area contributed by atoms with Gasteiger partial charge in [0.2, 0.25) is 0 Å². The van der Waals surface area contributed by atoms with Gasteiger partial charge in [0.15, 0.2) is 0 Å². The van der Waals surface area contributed by atoms with Crippen molar-refractivity contribution in [3.63, 3.8) is 0 Å². The summed E-state index contributed by atoms with van der Waals surface area (Å²) in [6.45, 7) is 7.45. The summed E-state index contributed by atoms with van der Waals surface area (Å²) in [4.78, 5) is 21.2. The summed E-state index contributed by atoms with van der Waals surface area (Å²) in [5.41, 5.74) is 3.75. The van der Waals surface area contributed by atoms with Gasteiger partial charge in [-0.15, -0.1) is 0 Å². The van der Waals surface area contributed by atoms with Crippen molar-refractivity contribution in [2.75, 3.05) is 50.8 Å². The molecular formula is C23H30N4O2. The van der Waals surface area contributed by atoms with Crippen LogP contribution in [-0.2, 0) is 10.2 Å². The average molecular weight is 395 g/mol. The molecular weight excluding hydrogens is 364 g/mol. The van der Waals surface area contributed by atoms with Gasteiger partial charge in [-0.1, -0.05) is 24.3 Å². The number of amides is 2. The standard InChI is InChI=1S/C23H30N4O2/c1-19-4-2-3-5-21(19)23(8-16-29-17-9-23)18-25-22(28)27-14-12-26(13-15-27)20-6-10-24-11-7-20/h2-7,10-11H,8-9,12-18H2,1H3,(H,25,28). The predicted octanol–water partition coefficient (Wildman–Crippen LogP) is 2.97. The van der Waals surface area contributed by atoms with Crippen LogP contribution in [0.3, 0.4) is 0 Å². The highest BCUT2D eigenvalue weighted by Crippen LogP contribution is 2.36. The lowest BCUT2D eigenvalue weighted by Gasteiger charge is -2.40. The van der Waals surface area contributed by atoms with Gasteiger partial charge in [0, 0.05) is 69.4 Å². The van der Waals surface area contributed by atoms with Gasteiger partial charge in [-0.25, -0.2) is 4.79 Å². The van der Waals surface area contributed by atoms with Gasteiger partial charge in [0.1, 0.15) is 0 Å². The van der Waals surface area contributed by atoms with Gasteiger partial charge in [0.25, 0.3) is 0 Å². The van der Waals surface area contributed by atoms with Crippen LogP contribution >= 0.6 is 0 Å². The summed E-state index contributed by atoms with van der Waals surface area (Å²) in [5.74, 6) is 0. The fourth-order valence-corrected chi connectivity index (χ4v) is 4.55. The highest BCUT2D eigenvalue weighted by molar-refractivity contribution is 5.74. The van der Waals surface area contributed by atoms with E-state index in [4.69, 9.17) is 4.74 Å². The van der Waals surface area contributed by atoms with Crippen molar-refractivity contribution >= 4 is 11.7 Å². The minimum Gasteiger partial charge on any atom is -0.381 e. The van der Waals surface area contributed by atoms with E-state index in [0.717, 1.165) is 52.2 Å². The minimum atomic E-state index is -0.0435. The summed E-state index contributed by atoms with van der Waals surface area (Å²) in [5, 5.41) is 3.25. The number of anilines is 1. The van der Waals surface area contributed by atoms with Crippen molar-refractivity contribution in [3.05, 3.63) is 59.9 Å². The van der Waals surface area contributed by atoms with E-state index in [2.05, 4.69) is 46.4 Å². The number of aryl methyl sites for hydroxylation is 1. The minimum absolute atomic E-state index is 0.0406. The molecule has 0 unspecified atom stereocenters. The smallest absolute Gasteiger partial charge is 0.317 e. The van der Waals surface area contributed by atoms with E-state index in [0.29, 0.717) is 6.54 Å². The molecule has 0 atom stereocenters. The number of rotatable bonds is 4. The number of nitrogens with zero attached hydrogens (tertiary/aromatic N) is 3. The van der Waals surface area contributed by atoms with Crippen molar-refractivity contribution in [2.24, 2.45) is 0 Å². The van der Waals surface area contributed by atoms with Crippen molar-refractivity contribution < 1.29 is 9.53 Å². The van der Waals surface area contributed by atoms with Gasteiger partial charge < -0.3 is 19.9 Å². The largest absolute Gasteiger partial charge is 0.381 e.